The highest BCUT2D eigenvalue weighted by Crippen LogP contribution is 2.27. The molecule has 216 valence electrons. The molecule has 0 saturated carbocycles. The lowest BCUT2D eigenvalue weighted by molar-refractivity contribution is -0.145. The molecule has 2 aliphatic rings. The van der Waals surface area contributed by atoms with E-state index in [1.807, 2.05) is 37.3 Å². The number of nitrogens with zero attached hydrogens (tertiary/aromatic N) is 4. The number of imidazole rings is 1. The Labute approximate surface area is 243 Å². The standard InChI is InChI=1S/C30H36FN7O2S/c1-2-40-28(39)25-17-24-27(18-33-25)41-30(36-24)32-13-16-37-14-11-22(12-15-37)34-29-35-23-5-3-4-6-26(23)38(29)19-20-7-9-21(31)10-8-20/h3-10,22,25,33H,2,11-19H2,1H3,(H,32,36)(H,34,35). The number of fused-ring (bicyclic) bond motifs is 2. The zero-order valence-electron chi connectivity index (χ0n) is 23.2. The summed E-state index contributed by atoms with van der Waals surface area (Å²) < 4.78 is 20.8. The van der Waals surface area contributed by atoms with E-state index in [2.05, 4.69) is 31.5 Å². The van der Waals surface area contributed by atoms with Crippen LogP contribution in [0.3, 0.4) is 0 Å². The molecule has 0 spiro atoms. The van der Waals surface area contributed by atoms with Gasteiger partial charge in [0.25, 0.3) is 0 Å². The van der Waals surface area contributed by atoms with Gasteiger partial charge in [-0.25, -0.2) is 14.4 Å². The number of hydrogen-bond acceptors (Lipinski definition) is 9. The van der Waals surface area contributed by atoms with Gasteiger partial charge in [-0.2, -0.15) is 0 Å². The molecule has 1 fully saturated rings. The maximum atomic E-state index is 13.5. The normalized spacial score (nSPS) is 17.9. The number of rotatable bonds is 10. The highest BCUT2D eigenvalue weighted by Gasteiger charge is 2.28. The van der Waals surface area contributed by atoms with Crippen LogP contribution in [0.25, 0.3) is 11.0 Å². The van der Waals surface area contributed by atoms with Crippen LogP contribution >= 0.6 is 11.3 Å². The molecule has 6 rings (SSSR count). The van der Waals surface area contributed by atoms with Crippen LogP contribution in [0.2, 0.25) is 0 Å². The smallest absolute Gasteiger partial charge is 0.323 e. The van der Waals surface area contributed by atoms with Gasteiger partial charge in [0.1, 0.15) is 11.9 Å². The number of nitrogens with one attached hydrogen (secondary N) is 3. The van der Waals surface area contributed by atoms with Gasteiger partial charge in [0.2, 0.25) is 5.95 Å². The van der Waals surface area contributed by atoms with Crippen LogP contribution in [0.15, 0.2) is 48.5 Å². The molecular formula is C30H36FN7O2S. The minimum absolute atomic E-state index is 0.205. The summed E-state index contributed by atoms with van der Waals surface area (Å²) >= 11 is 1.66. The van der Waals surface area contributed by atoms with Crippen molar-refractivity contribution in [2.75, 3.05) is 43.4 Å². The first-order valence-electron chi connectivity index (χ1n) is 14.4. The van der Waals surface area contributed by atoms with Gasteiger partial charge >= 0.3 is 5.97 Å². The number of esters is 1. The Morgan fingerprint density at radius 2 is 1.95 bits per heavy atom. The molecule has 41 heavy (non-hydrogen) atoms. The highest BCUT2D eigenvalue weighted by molar-refractivity contribution is 7.15. The largest absolute Gasteiger partial charge is 0.465 e. The molecule has 4 aromatic rings. The molecule has 0 aliphatic carbocycles. The Morgan fingerprint density at radius 3 is 2.76 bits per heavy atom. The molecule has 1 atom stereocenters. The van der Waals surface area contributed by atoms with Gasteiger partial charge in [0.15, 0.2) is 5.13 Å². The van der Waals surface area contributed by atoms with Crippen molar-refractivity contribution in [1.29, 1.82) is 0 Å². The number of halogens is 1. The minimum Gasteiger partial charge on any atom is -0.465 e. The van der Waals surface area contributed by atoms with Crippen LogP contribution in [-0.4, -0.2) is 70.3 Å². The van der Waals surface area contributed by atoms with Crippen LogP contribution in [0.1, 0.15) is 35.9 Å². The first kappa shape index (κ1) is 27.6. The number of benzene rings is 2. The van der Waals surface area contributed by atoms with Gasteiger partial charge < -0.3 is 24.8 Å². The Kier molecular flexibility index (Phi) is 8.45. The topological polar surface area (TPSA) is 96.3 Å². The molecule has 3 N–H and O–H groups in total. The highest BCUT2D eigenvalue weighted by atomic mass is 32.1. The van der Waals surface area contributed by atoms with E-state index in [1.165, 1.54) is 17.0 Å². The lowest BCUT2D eigenvalue weighted by Crippen LogP contribution is -2.42. The summed E-state index contributed by atoms with van der Waals surface area (Å²) in [5.74, 6) is 0.434. The van der Waals surface area contributed by atoms with E-state index < -0.39 is 0 Å². The summed E-state index contributed by atoms with van der Waals surface area (Å²) in [5.41, 5.74) is 4.05. The zero-order chi connectivity index (χ0) is 28.2. The van der Waals surface area contributed by atoms with Crippen molar-refractivity contribution >= 4 is 39.4 Å². The third-order valence-corrected chi connectivity index (χ3v) is 8.84. The summed E-state index contributed by atoms with van der Waals surface area (Å²) in [4.78, 5) is 25.4. The van der Waals surface area contributed by atoms with Crippen LogP contribution in [-0.2, 0) is 29.0 Å². The van der Waals surface area contributed by atoms with E-state index in [4.69, 9.17) is 14.7 Å². The van der Waals surface area contributed by atoms with Gasteiger partial charge in [0, 0.05) is 50.1 Å². The van der Waals surface area contributed by atoms with Crippen molar-refractivity contribution in [1.82, 2.24) is 24.8 Å². The Hall–Kier alpha value is -3.54. The summed E-state index contributed by atoms with van der Waals surface area (Å²) in [6.07, 6.45) is 2.64. The average Bonchev–Trinajstić information content (AvgIpc) is 3.55. The molecule has 0 amide bonds. The number of thiazole rings is 1. The van der Waals surface area contributed by atoms with E-state index in [9.17, 15) is 9.18 Å². The first-order valence-corrected chi connectivity index (χ1v) is 15.2. The maximum Gasteiger partial charge on any atom is 0.323 e. The van der Waals surface area contributed by atoms with Gasteiger partial charge in [-0.15, -0.1) is 11.3 Å². The number of likely N-dealkylation sites (tertiary alicyclic amines) is 1. The van der Waals surface area contributed by atoms with E-state index in [-0.39, 0.29) is 17.8 Å². The van der Waals surface area contributed by atoms with Gasteiger partial charge in [0.05, 0.1) is 29.9 Å². The molecule has 1 unspecified atom stereocenters. The predicted molar refractivity (Wildman–Crippen MR) is 160 cm³/mol. The maximum absolute atomic E-state index is 13.5. The SMILES string of the molecule is CCOC(=O)C1Cc2nc(NCCN3CCC(Nc4nc5ccccc5n4Cc4ccc(F)cc4)CC3)sc2CN1. The molecular weight excluding hydrogens is 541 g/mol. The van der Waals surface area contributed by atoms with Gasteiger partial charge in [-0.05, 0) is 49.6 Å². The van der Waals surface area contributed by atoms with Gasteiger partial charge in [-0.3, -0.25) is 10.1 Å². The summed E-state index contributed by atoms with van der Waals surface area (Å²) in [5, 5.41) is 11.4. The van der Waals surface area contributed by atoms with Crippen molar-refractivity contribution in [2.45, 2.75) is 51.4 Å². The van der Waals surface area contributed by atoms with Crippen molar-refractivity contribution in [3.8, 4) is 0 Å². The predicted octanol–water partition coefficient (Wildman–Crippen LogP) is 4.25. The molecule has 9 nitrogen and oxygen atoms in total. The Bertz CT molecular complexity index is 1480. The third kappa shape index (κ3) is 6.52. The van der Waals surface area contributed by atoms with E-state index >= 15 is 0 Å². The second-order valence-corrected chi connectivity index (χ2v) is 11.7. The second-order valence-electron chi connectivity index (χ2n) is 10.6. The summed E-state index contributed by atoms with van der Waals surface area (Å²) in [7, 11) is 0. The quantitative estimate of drug-likeness (QED) is 0.241. The Morgan fingerprint density at radius 1 is 1.15 bits per heavy atom. The van der Waals surface area contributed by atoms with Crippen LogP contribution in [0, 0.1) is 5.82 Å². The van der Waals surface area contributed by atoms with E-state index in [0.717, 1.165) is 72.4 Å². The summed E-state index contributed by atoms with van der Waals surface area (Å²) in [6.45, 7) is 7.29. The first-order chi connectivity index (χ1) is 20.1. The van der Waals surface area contributed by atoms with Crippen molar-refractivity contribution < 1.29 is 13.9 Å². The number of hydrogen-bond donors (Lipinski definition) is 3. The number of anilines is 2. The second kappa shape index (κ2) is 12.5. The van der Waals surface area contributed by atoms with Crippen LogP contribution in [0.5, 0.6) is 0 Å². The third-order valence-electron chi connectivity index (χ3n) is 7.79. The fraction of sp³-hybridized carbons (Fsp3) is 0.433. The molecule has 0 bridgehead atoms. The molecule has 1 saturated heterocycles. The van der Waals surface area contributed by atoms with Crippen LogP contribution in [0.4, 0.5) is 15.5 Å². The molecule has 4 heterocycles. The number of carbonyl (C=O) groups is 1. The molecule has 2 aliphatic heterocycles. The van der Waals surface area contributed by atoms with Crippen LogP contribution < -0.4 is 16.0 Å². The number of para-hydroxylation sites is 2. The number of carbonyl (C=O) groups excluding carboxylic acids is 1. The number of piperidine rings is 1. The summed E-state index contributed by atoms with van der Waals surface area (Å²) in [6, 6.07) is 14.9. The monoisotopic (exact) mass is 577 g/mol. The number of aromatic nitrogens is 3. The van der Waals surface area contributed by atoms with Crippen molar-refractivity contribution in [2.24, 2.45) is 0 Å². The lowest BCUT2D eigenvalue weighted by atomic mass is 10.1. The Balaban J connectivity index is 0.997. The fourth-order valence-corrected chi connectivity index (χ4v) is 6.54. The average molecular weight is 578 g/mol. The van der Waals surface area contributed by atoms with Gasteiger partial charge in [-0.1, -0.05) is 24.3 Å². The number of ether oxygens (including phenoxy) is 1. The van der Waals surface area contributed by atoms with E-state index in [1.54, 1.807) is 11.3 Å². The van der Waals surface area contributed by atoms with Crippen molar-refractivity contribution in [3.63, 3.8) is 0 Å². The zero-order valence-corrected chi connectivity index (χ0v) is 24.1. The van der Waals surface area contributed by atoms with E-state index in [0.29, 0.717) is 32.2 Å². The molecule has 2 aromatic carbocycles. The fourth-order valence-electron chi connectivity index (χ4n) is 5.57. The lowest BCUT2D eigenvalue weighted by Gasteiger charge is -2.32. The van der Waals surface area contributed by atoms with Crippen molar-refractivity contribution in [3.05, 3.63) is 70.5 Å². The molecule has 0 radical (unpaired) electrons. The molecule has 2 aromatic heterocycles. The molecule has 11 heteroatoms. The minimum atomic E-state index is -0.313.